The van der Waals surface area contributed by atoms with E-state index < -0.39 is 5.41 Å². The third kappa shape index (κ3) is 3.49. The number of methoxy groups -OCH3 is 2. The fourth-order valence-electron chi connectivity index (χ4n) is 2.35. The number of carbonyl (C=O) groups is 1. The molecule has 0 aliphatic rings. The Labute approximate surface area is 127 Å². The molecular weight excluding hydrogens is 266 g/mol. The summed E-state index contributed by atoms with van der Waals surface area (Å²) in [7, 11) is 3.18. The molecule has 0 aliphatic carbocycles. The van der Waals surface area contributed by atoms with Crippen LogP contribution in [0, 0.1) is 17.3 Å². The second-order valence-corrected chi connectivity index (χ2v) is 6.11. The molecule has 0 atom stereocenters. The van der Waals surface area contributed by atoms with Crippen LogP contribution in [0.5, 0.6) is 11.5 Å². The van der Waals surface area contributed by atoms with Gasteiger partial charge in [-0.1, -0.05) is 34.6 Å². The quantitative estimate of drug-likeness (QED) is 0.863. The maximum atomic E-state index is 12.7. The molecule has 118 valence electrons. The average molecular weight is 293 g/mol. The van der Waals surface area contributed by atoms with E-state index in [2.05, 4.69) is 33.0 Å². The Morgan fingerprint density at radius 2 is 1.67 bits per heavy atom. The Kier molecular flexibility index (Phi) is 5.64. The Morgan fingerprint density at radius 1 is 1.10 bits per heavy atom. The van der Waals surface area contributed by atoms with Gasteiger partial charge >= 0.3 is 0 Å². The van der Waals surface area contributed by atoms with Gasteiger partial charge < -0.3 is 14.8 Å². The molecular formula is C17H27NO3. The van der Waals surface area contributed by atoms with Crippen molar-refractivity contribution in [1.82, 2.24) is 0 Å². The van der Waals surface area contributed by atoms with Crippen LogP contribution < -0.4 is 14.8 Å². The van der Waals surface area contributed by atoms with Crippen LogP contribution in [0.25, 0.3) is 0 Å². The minimum absolute atomic E-state index is 0.0102. The Hall–Kier alpha value is -1.71. The van der Waals surface area contributed by atoms with E-state index in [1.54, 1.807) is 32.4 Å². The fourth-order valence-corrected chi connectivity index (χ4v) is 2.35. The van der Waals surface area contributed by atoms with E-state index in [9.17, 15) is 4.79 Å². The van der Waals surface area contributed by atoms with Gasteiger partial charge in [-0.15, -0.1) is 0 Å². The highest BCUT2D eigenvalue weighted by atomic mass is 16.5. The molecule has 21 heavy (non-hydrogen) atoms. The molecule has 1 rings (SSSR count). The predicted molar refractivity (Wildman–Crippen MR) is 86.0 cm³/mol. The van der Waals surface area contributed by atoms with Gasteiger partial charge in [0, 0.05) is 6.07 Å². The van der Waals surface area contributed by atoms with Gasteiger partial charge in [-0.3, -0.25) is 4.79 Å². The van der Waals surface area contributed by atoms with E-state index in [0.29, 0.717) is 17.2 Å². The van der Waals surface area contributed by atoms with E-state index in [0.717, 1.165) is 0 Å². The van der Waals surface area contributed by atoms with Gasteiger partial charge in [-0.25, -0.2) is 0 Å². The summed E-state index contributed by atoms with van der Waals surface area (Å²) < 4.78 is 10.5. The monoisotopic (exact) mass is 293 g/mol. The predicted octanol–water partition coefficient (Wildman–Crippen LogP) is 3.96. The van der Waals surface area contributed by atoms with Crippen molar-refractivity contribution in [3.8, 4) is 11.5 Å². The van der Waals surface area contributed by atoms with E-state index in [1.807, 2.05) is 6.92 Å². The lowest BCUT2D eigenvalue weighted by atomic mass is 9.70. The highest BCUT2D eigenvalue weighted by Crippen LogP contribution is 2.38. The van der Waals surface area contributed by atoms with Crippen LogP contribution in [0.15, 0.2) is 18.2 Å². The van der Waals surface area contributed by atoms with Crippen LogP contribution in [-0.4, -0.2) is 20.1 Å². The summed E-state index contributed by atoms with van der Waals surface area (Å²) in [5.41, 5.74) is 0.223. The number of rotatable bonds is 6. The van der Waals surface area contributed by atoms with Gasteiger partial charge in [0.05, 0.1) is 25.3 Å². The van der Waals surface area contributed by atoms with Crippen molar-refractivity contribution in [3.05, 3.63) is 18.2 Å². The summed E-state index contributed by atoms with van der Waals surface area (Å²) in [5.74, 6) is 1.78. The number of ether oxygens (including phenoxy) is 2. The lowest BCUT2D eigenvalue weighted by Gasteiger charge is -2.36. The smallest absolute Gasteiger partial charge is 0.230 e. The van der Waals surface area contributed by atoms with E-state index in [1.165, 1.54) is 0 Å². The Balaban J connectivity index is 3.07. The molecule has 0 saturated carbocycles. The molecule has 1 aromatic rings. The first kappa shape index (κ1) is 17.3. The number of benzene rings is 1. The third-order valence-electron chi connectivity index (χ3n) is 4.54. The first-order chi connectivity index (χ1) is 9.77. The van der Waals surface area contributed by atoms with Crippen LogP contribution in [0.3, 0.4) is 0 Å². The van der Waals surface area contributed by atoms with Crippen LogP contribution >= 0.6 is 0 Å². The van der Waals surface area contributed by atoms with Crippen molar-refractivity contribution in [2.75, 3.05) is 19.5 Å². The second kappa shape index (κ2) is 6.83. The zero-order chi connectivity index (χ0) is 16.2. The molecule has 0 aliphatic heterocycles. The van der Waals surface area contributed by atoms with Crippen molar-refractivity contribution in [2.45, 2.75) is 34.6 Å². The first-order valence-corrected chi connectivity index (χ1v) is 7.30. The van der Waals surface area contributed by atoms with Gasteiger partial charge in [0.25, 0.3) is 0 Å². The number of nitrogens with one attached hydrogen (secondary N) is 1. The molecule has 1 N–H and O–H groups in total. The van der Waals surface area contributed by atoms with Crippen molar-refractivity contribution >= 4 is 11.6 Å². The third-order valence-corrected chi connectivity index (χ3v) is 4.54. The lowest BCUT2D eigenvalue weighted by molar-refractivity contribution is -0.129. The summed E-state index contributed by atoms with van der Waals surface area (Å²) in [6.07, 6.45) is 0. The highest BCUT2D eigenvalue weighted by Gasteiger charge is 2.39. The molecule has 0 bridgehead atoms. The van der Waals surface area contributed by atoms with Crippen molar-refractivity contribution in [3.63, 3.8) is 0 Å². The van der Waals surface area contributed by atoms with Gasteiger partial charge in [0.2, 0.25) is 5.91 Å². The number of hydrogen-bond acceptors (Lipinski definition) is 3. The van der Waals surface area contributed by atoms with E-state index in [4.69, 9.17) is 9.47 Å². The van der Waals surface area contributed by atoms with Crippen LogP contribution in [0.2, 0.25) is 0 Å². The number of carbonyl (C=O) groups excluding carboxylic acids is 1. The molecule has 0 fully saturated rings. The highest BCUT2D eigenvalue weighted by molar-refractivity contribution is 5.96. The number of anilines is 1. The maximum Gasteiger partial charge on any atom is 0.230 e. The summed E-state index contributed by atoms with van der Waals surface area (Å²) in [6, 6.07) is 5.37. The normalized spacial score (nSPS) is 11.7. The van der Waals surface area contributed by atoms with E-state index >= 15 is 0 Å². The van der Waals surface area contributed by atoms with Gasteiger partial charge in [-0.2, -0.15) is 0 Å². The molecule has 1 aromatic carbocycles. The molecule has 1 amide bonds. The lowest BCUT2D eigenvalue weighted by Crippen LogP contribution is -2.42. The van der Waals surface area contributed by atoms with Crippen molar-refractivity contribution < 1.29 is 14.3 Å². The van der Waals surface area contributed by atoms with Crippen molar-refractivity contribution in [2.24, 2.45) is 17.3 Å². The van der Waals surface area contributed by atoms with Gasteiger partial charge in [0.15, 0.2) is 0 Å². The summed E-state index contributed by atoms with van der Waals surface area (Å²) in [6.45, 7) is 10.3. The Bertz CT molecular complexity index is 487. The SMILES string of the molecule is COc1ccc(NC(=O)C(C)(C(C)C)C(C)C)c(OC)c1. The molecule has 0 heterocycles. The summed E-state index contributed by atoms with van der Waals surface area (Å²) >= 11 is 0. The number of hydrogen-bond donors (Lipinski definition) is 1. The molecule has 0 saturated heterocycles. The molecule has 0 unspecified atom stereocenters. The summed E-state index contributed by atoms with van der Waals surface area (Å²) in [5, 5.41) is 3.00. The zero-order valence-electron chi connectivity index (χ0n) is 14.1. The molecule has 0 radical (unpaired) electrons. The fraction of sp³-hybridized carbons (Fsp3) is 0.588. The first-order valence-electron chi connectivity index (χ1n) is 7.30. The summed E-state index contributed by atoms with van der Waals surface area (Å²) in [4.78, 5) is 12.7. The van der Waals surface area contributed by atoms with Crippen LogP contribution in [-0.2, 0) is 4.79 Å². The molecule has 4 heteroatoms. The standard InChI is InChI=1S/C17H27NO3/c1-11(2)17(5,12(3)4)16(19)18-14-9-8-13(20-6)10-15(14)21-7/h8-12H,1-7H3,(H,18,19). The Morgan fingerprint density at radius 3 is 2.10 bits per heavy atom. The van der Waals surface area contributed by atoms with Crippen LogP contribution in [0.1, 0.15) is 34.6 Å². The largest absolute Gasteiger partial charge is 0.497 e. The zero-order valence-corrected chi connectivity index (χ0v) is 14.1. The maximum absolute atomic E-state index is 12.7. The minimum Gasteiger partial charge on any atom is -0.497 e. The van der Waals surface area contributed by atoms with Crippen LogP contribution in [0.4, 0.5) is 5.69 Å². The topological polar surface area (TPSA) is 47.6 Å². The van der Waals surface area contributed by atoms with E-state index in [-0.39, 0.29) is 17.7 Å². The average Bonchev–Trinajstić information content (AvgIpc) is 2.45. The molecule has 0 spiro atoms. The van der Waals surface area contributed by atoms with Crippen molar-refractivity contribution in [1.29, 1.82) is 0 Å². The number of amides is 1. The minimum atomic E-state index is -0.440. The van der Waals surface area contributed by atoms with Gasteiger partial charge in [-0.05, 0) is 24.0 Å². The molecule has 0 aromatic heterocycles. The molecule has 4 nitrogen and oxygen atoms in total. The second-order valence-electron chi connectivity index (χ2n) is 6.11. The van der Waals surface area contributed by atoms with Gasteiger partial charge in [0.1, 0.15) is 11.5 Å².